The molecule has 0 radical (unpaired) electrons. The summed E-state index contributed by atoms with van der Waals surface area (Å²) < 4.78 is 14.2. The third kappa shape index (κ3) is 4.63. The van der Waals surface area contributed by atoms with Crippen molar-refractivity contribution < 1.29 is 9.18 Å². The summed E-state index contributed by atoms with van der Waals surface area (Å²) in [6, 6.07) is 11.0. The van der Waals surface area contributed by atoms with Gasteiger partial charge in [0.15, 0.2) is 0 Å². The van der Waals surface area contributed by atoms with Crippen molar-refractivity contribution in [1.29, 1.82) is 0 Å². The lowest BCUT2D eigenvalue weighted by molar-refractivity contribution is 0.0922. The van der Waals surface area contributed by atoms with Crippen LogP contribution in [-0.4, -0.2) is 42.1 Å². The van der Waals surface area contributed by atoms with E-state index < -0.39 is 11.7 Å². The van der Waals surface area contributed by atoms with E-state index in [2.05, 4.69) is 15.6 Å². The molecule has 0 spiro atoms. The molecule has 1 saturated carbocycles. The van der Waals surface area contributed by atoms with Crippen LogP contribution in [0.1, 0.15) is 41.6 Å². The Morgan fingerprint density at radius 3 is 2.47 bits per heavy atom. The first-order chi connectivity index (χ1) is 15.3. The second-order valence-corrected chi connectivity index (χ2v) is 8.88. The van der Waals surface area contributed by atoms with E-state index in [4.69, 9.17) is 16.6 Å². The Labute approximate surface area is 192 Å². The zero-order chi connectivity index (χ0) is 22.8. The molecule has 0 bridgehead atoms. The molecule has 3 aromatic rings. The van der Waals surface area contributed by atoms with Crippen LogP contribution in [0.25, 0.3) is 10.9 Å². The predicted molar refractivity (Wildman–Crippen MR) is 127 cm³/mol. The number of carbonyl (C=O) groups is 1. The lowest BCUT2D eigenvalue weighted by atomic mass is 9.91. The molecule has 168 valence electrons. The zero-order valence-corrected chi connectivity index (χ0v) is 19.2. The van der Waals surface area contributed by atoms with Crippen molar-refractivity contribution in [3.63, 3.8) is 0 Å². The van der Waals surface area contributed by atoms with Gasteiger partial charge in [0.05, 0.1) is 16.1 Å². The maximum atomic E-state index is 14.2. The summed E-state index contributed by atoms with van der Waals surface area (Å²) in [6.07, 6.45) is 3.26. The van der Waals surface area contributed by atoms with Crippen LogP contribution in [0.15, 0.2) is 36.4 Å². The average Bonchev–Trinajstić information content (AvgIpc) is 2.77. The van der Waals surface area contributed by atoms with E-state index in [9.17, 15) is 9.18 Å². The van der Waals surface area contributed by atoms with Gasteiger partial charge in [0.1, 0.15) is 11.6 Å². The number of hydrogen-bond donors (Lipinski definition) is 2. The molecule has 2 aromatic carbocycles. The van der Waals surface area contributed by atoms with Crippen LogP contribution in [0, 0.1) is 12.7 Å². The number of nitrogens with one attached hydrogen (secondary N) is 2. The first-order valence-corrected chi connectivity index (χ1v) is 11.2. The molecule has 32 heavy (non-hydrogen) atoms. The van der Waals surface area contributed by atoms with Gasteiger partial charge in [0, 0.05) is 31.6 Å². The highest BCUT2D eigenvalue weighted by Crippen LogP contribution is 2.27. The van der Waals surface area contributed by atoms with E-state index in [1.54, 1.807) is 13.0 Å². The van der Waals surface area contributed by atoms with E-state index in [1.807, 2.05) is 43.3 Å². The van der Waals surface area contributed by atoms with Gasteiger partial charge in [-0.1, -0.05) is 29.8 Å². The molecule has 2 N–H and O–H groups in total. The minimum Gasteiger partial charge on any atom is -0.362 e. The topological polar surface area (TPSA) is 70.2 Å². The summed E-state index contributed by atoms with van der Waals surface area (Å²) in [5, 5.41) is 7.58. The number of anilines is 2. The van der Waals surface area contributed by atoms with E-state index in [1.165, 1.54) is 6.07 Å². The van der Waals surface area contributed by atoms with Crippen molar-refractivity contribution in [3.8, 4) is 0 Å². The fourth-order valence-corrected chi connectivity index (χ4v) is 4.39. The minimum atomic E-state index is -0.599. The number of amides is 1. The largest absolute Gasteiger partial charge is 0.362 e. The van der Waals surface area contributed by atoms with E-state index in [0.717, 1.165) is 42.4 Å². The minimum absolute atomic E-state index is 0.0219. The van der Waals surface area contributed by atoms with Crippen molar-refractivity contribution in [1.82, 2.24) is 15.3 Å². The number of para-hydroxylation sites is 1. The first kappa shape index (κ1) is 22.3. The maximum absolute atomic E-state index is 14.2. The molecular weight excluding hydrogens is 429 g/mol. The summed E-state index contributed by atoms with van der Waals surface area (Å²) in [4.78, 5) is 24.0. The maximum Gasteiger partial charge on any atom is 0.256 e. The Balaban J connectivity index is 1.40. The molecule has 1 heterocycles. The van der Waals surface area contributed by atoms with Crippen LogP contribution in [0.5, 0.6) is 0 Å². The van der Waals surface area contributed by atoms with Crippen LogP contribution in [-0.2, 0) is 0 Å². The van der Waals surface area contributed by atoms with Crippen molar-refractivity contribution in [3.05, 3.63) is 58.4 Å². The number of halogens is 2. The smallest absolute Gasteiger partial charge is 0.256 e. The van der Waals surface area contributed by atoms with Gasteiger partial charge in [-0.2, -0.15) is 4.98 Å². The lowest BCUT2D eigenvalue weighted by Gasteiger charge is -2.30. The molecule has 1 aliphatic carbocycles. The number of hydrogen-bond acceptors (Lipinski definition) is 5. The lowest BCUT2D eigenvalue weighted by Crippen LogP contribution is -2.40. The molecule has 4 rings (SSSR count). The fourth-order valence-electron chi connectivity index (χ4n) is 4.15. The Morgan fingerprint density at radius 2 is 1.75 bits per heavy atom. The van der Waals surface area contributed by atoms with Gasteiger partial charge in [-0.3, -0.25) is 4.79 Å². The van der Waals surface area contributed by atoms with Gasteiger partial charge < -0.3 is 15.5 Å². The summed E-state index contributed by atoms with van der Waals surface area (Å²) >= 11 is 6.17. The molecule has 1 aliphatic rings. The third-order valence-electron chi connectivity index (χ3n) is 5.91. The number of benzene rings is 2. The monoisotopic (exact) mass is 455 g/mol. The average molecular weight is 456 g/mol. The molecule has 1 fully saturated rings. The van der Waals surface area contributed by atoms with Gasteiger partial charge in [0.2, 0.25) is 5.95 Å². The number of aryl methyl sites for hydroxylation is 1. The van der Waals surface area contributed by atoms with Crippen molar-refractivity contribution in [2.75, 3.05) is 24.3 Å². The van der Waals surface area contributed by atoms with Crippen LogP contribution in [0.4, 0.5) is 16.2 Å². The van der Waals surface area contributed by atoms with E-state index in [-0.39, 0.29) is 22.7 Å². The van der Waals surface area contributed by atoms with Gasteiger partial charge in [-0.25, -0.2) is 9.37 Å². The Bertz CT molecular complexity index is 1140. The van der Waals surface area contributed by atoms with Crippen LogP contribution >= 0.6 is 11.6 Å². The van der Waals surface area contributed by atoms with Crippen molar-refractivity contribution >= 4 is 40.2 Å². The Hall–Kier alpha value is -2.93. The molecule has 0 unspecified atom stereocenters. The molecule has 1 amide bonds. The van der Waals surface area contributed by atoms with Gasteiger partial charge in [-0.05, 0) is 56.4 Å². The Kier molecular flexibility index (Phi) is 6.46. The first-order valence-electron chi connectivity index (χ1n) is 10.8. The molecule has 8 heteroatoms. The SMILES string of the molecule is Cc1ccc(F)c(C(=O)N[C@H]2CC[C@@H](Nc3nc(N(C)C)c4ccccc4n3)CC2)c1Cl. The molecule has 1 aromatic heterocycles. The summed E-state index contributed by atoms with van der Waals surface area (Å²) in [6.45, 7) is 1.76. The summed E-state index contributed by atoms with van der Waals surface area (Å²) in [5.74, 6) is 0.421. The number of rotatable bonds is 5. The zero-order valence-electron chi connectivity index (χ0n) is 18.5. The molecule has 0 aliphatic heterocycles. The number of carbonyl (C=O) groups excluding carboxylic acids is 1. The highest BCUT2D eigenvalue weighted by molar-refractivity contribution is 6.34. The molecular formula is C24H27ClFN5O. The highest BCUT2D eigenvalue weighted by atomic mass is 35.5. The van der Waals surface area contributed by atoms with Crippen molar-refractivity contribution in [2.24, 2.45) is 0 Å². The van der Waals surface area contributed by atoms with Gasteiger partial charge in [0.25, 0.3) is 5.91 Å². The third-order valence-corrected chi connectivity index (χ3v) is 6.40. The predicted octanol–water partition coefficient (Wildman–Crippen LogP) is 4.95. The molecule has 0 atom stereocenters. The number of aromatic nitrogens is 2. The summed E-state index contributed by atoms with van der Waals surface area (Å²) in [7, 11) is 3.94. The normalized spacial score (nSPS) is 18.4. The van der Waals surface area contributed by atoms with Gasteiger partial charge in [-0.15, -0.1) is 0 Å². The summed E-state index contributed by atoms with van der Waals surface area (Å²) in [5.41, 5.74) is 1.50. The van der Waals surface area contributed by atoms with Crippen LogP contribution in [0.3, 0.4) is 0 Å². The van der Waals surface area contributed by atoms with Crippen LogP contribution < -0.4 is 15.5 Å². The standard InChI is InChI=1S/C24H27ClFN5O/c1-14-8-13-18(26)20(21(14)25)23(32)27-15-9-11-16(12-10-15)28-24-29-19-7-5-4-6-17(19)22(30-24)31(2)3/h4-8,13,15-16H,9-12H2,1-3H3,(H,27,32)(H,28,29,30)/t15-,16+. The number of fused-ring (bicyclic) bond motifs is 1. The fraction of sp³-hybridized carbons (Fsp3) is 0.375. The highest BCUT2D eigenvalue weighted by Gasteiger charge is 2.26. The molecule has 6 nitrogen and oxygen atoms in total. The van der Waals surface area contributed by atoms with E-state index >= 15 is 0 Å². The molecule has 0 saturated heterocycles. The quantitative estimate of drug-likeness (QED) is 0.569. The van der Waals surface area contributed by atoms with Gasteiger partial charge >= 0.3 is 0 Å². The second-order valence-electron chi connectivity index (χ2n) is 8.50. The van der Waals surface area contributed by atoms with Crippen molar-refractivity contribution in [2.45, 2.75) is 44.7 Å². The van der Waals surface area contributed by atoms with Crippen LogP contribution in [0.2, 0.25) is 5.02 Å². The second kappa shape index (κ2) is 9.28. The van der Waals surface area contributed by atoms with E-state index in [0.29, 0.717) is 11.5 Å². The Morgan fingerprint density at radius 1 is 1.06 bits per heavy atom. The number of nitrogens with zero attached hydrogens (tertiary/aromatic N) is 3.